The van der Waals surface area contributed by atoms with Crippen LogP contribution in [-0.2, 0) is 0 Å². The lowest BCUT2D eigenvalue weighted by Crippen LogP contribution is -2.74. The molecule has 0 atom stereocenters. The van der Waals surface area contributed by atoms with E-state index in [1.807, 2.05) is 26.0 Å². The molecule has 0 radical (unpaired) electrons. The Labute approximate surface area is 203 Å². The van der Waals surface area contributed by atoms with E-state index in [0.717, 1.165) is 11.5 Å². The molecule has 0 bridgehead atoms. The first kappa shape index (κ1) is 23.3. The van der Waals surface area contributed by atoms with E-state index >= 15 is 0 Å². The second-order valence-electron chi connectivity index (χ2n) is 8.86. The lowest BCUT2D eigenvalue weighted by atomic mass is 9.13. The van der Waals surface area contributed by atoms with Crippen molar-refractivity contribution in [2.45, 2.75) is 20.8 Å². The summed E-state index contributed by atoms with van der Waals surface area (Å²) in [4.78, 5) is 0. The minimum absolute atomic E-state index is 0.979. The van der Waals surface area contributed by atoms with Crippen LogP contribution in [0.2, 0.25) is 0 Å². The molecule has 0 saturated heterocycles. The monoisotopic (exact) mass is 442 g/mol. The lowest BCUT2D eigenvalue weighted by molar-refractivity contribution is 0.484. The Morgan fingerprint density at radius 3 is 0.912 bits per heavy atom. The highest BCUT2D eigenvalue weighted by Crippen LogP contribution is 2.09. The normalized spacial score (nSPS) is 10.8. The van der Waals surface area contributed by atoms with Crippen molar-refractivity contribution in [1.29, 1.82) is 0 Å². The highest BCUT2D eigenvalue weighted by Gasteiger charge is 2.30. The Kier molecular flexibility index (Phi) is 7.39. The molecular weight excluding hydrogens is 411 g/mol. The molecule has 168 valence electrons. The maximum Gasteiger partial charge on any atom is 0.326 e. The minimum Gasteiger partial charge on any atom is -0.218 e. The molecule has 1 heterocycles. The number of hydrogen-bond acceptors (Lipinski definition) is 0. The third-order valence-electron chi connectivity index (χ3n) is 6.38. The zero-order valence-electron chi connectivity index (χ0n) is 20.2. The summed E-state index contributed by atoms with van der Waals surface area (Å²) in [6.07, 6.45) is -1.22. The van der Waals surface area contributed by atoms with E-state index in [1.165, 1.54) is 27.4 Å². The van der Waals surface area contributed by atoms with Crippen LogP contribution in [0.1, 0.15) is 17.1 Å². The van der Waals surface area contributed by atoms with Crippen LogP contribution in [0.5, 0.6) is 0 Å². The fourth-order valence-electron chi connectivity index (χ4n) is 5.12. The molecule has 0 saturated carbocycles. The summed E-state index contributed by atoms with van der Waals surface area (Å²) in [5.74, 6) is 1.96. The molecule has 0 spiro atoms. The molecule has 1 aromatic heterocycles. The third-order valence-corrected chi connectivity index (χ3v) is 6.38. The quantitative estimate of drug-likeness (QED) is 0.262. The van der Waals surface area contributed by atoms with Crippen molar-refractivity contribution in [2.24, 2.45) is 0 Å². The van der Waals surface area contributed by atoms with Crippen molar-refractivity contribution >= 4 is 28.0 Å². The zero-order valence-corrected chi connectivity index (χ0v) is 20.2. The minimum atomic E-state index is -1.22. The summed E-state index contributed by atoms with van der Waals surface area (Å²) < 4.78 is 5.26. The van der Waals surface area contributed by atoms with Gasteiger partial charge in [-0.1, -0.05) is 121 Å². The van der Waals surface area contributed by atoms with Crippen LogP contribution in [0.3, 0.4) is 0 Å². The molecular formula is C32H31BO. The second kappa shape index (κ2) is 10.8. The van der Waals surface area contributed by atoms with Crippen molar-refractivity contribution in [1.82, 2.24) is 0 Å². The predicted molar refractivity (Wildman–Crippen MR) is 147 cm³/mol. The van der Waals surface area contributed by atoms with Gasteiger partial charge in [-0.15, -0.1) is 0 Å². The van der Waals surface area contributed by atoms with Gasteiger partial charge in [0.15, 0.2) is 0 Å². The maximum atomic E-state index is 5.26. The molecule has 0 fully saturated rings. The van der Waals surface area contributed by atoms with Gasteiger partial charge in [0, 0.05) is 12.1 Å². The third kappa shape index (κ3) is 5.02. The molecule has 0 aliphatic carbocycles. The van der Waals surface area contributed by atoms with E-state index in [2.05, 4.69) is 128 Å². The summed E-state index contributed by atoms with van der Waals surface area (Å²) in [7, 11) is 0. The van der Waals surface area contributed by atoms with Crippen LogP contribution in [0.15, 0.2) is 138 Å². The number of hydrogen-bond donors (Lipinski definition) is 0. The predicted octanol–water partition coefficient (Wildman–Crippen LogP) is 5.55. The average Bonchev–Trinajstić information content (AvgIpc) is 2.87. The molecule has 2 heteroatoms. The van der Waals surface area contributed by atoms with Gasteiger partial charge in [-0.25, -0.2) is 4.42 Å². The molecule has 5 rings (SSSR count). The van der Waals surface area contributed by atoms with Gasteiger partial charge in [-0.05, 0) is 12.5 Å². The van der Waals surface area contributed by atoms with Crippen LogP contribution in [0.4, 0.5) is 0 Å². The fourth-order valence-corrected chi connectivity index (χ4v) is 5.12. The highest BCUT2D eigenvalue weighted by atomic mass is 16.3. The van der Waals surface area contributed by atoms with Crippen LogP contribution in [-0.4, -0.2) is 6.15 Å². The Balaban J connectivity index is 0.000000257. The molecule has 4 aromatic carbocycles. The fraction of sp³-hybridized carbons (Fsp3) is 0.0938. The average molecular weight is 442 g/mol. The standard InChI is InChI=1S/C24H20B.C8H11O/c1-5-13-21(14-6-1)25(22-15-7-2-8-16-22,23-17-9-3-10-18-23)24-19-11-4-12-20-24;1-6-4-7(2)9-8(3)5-6/h1-20H;4-5H,1-3H3/q-1;+1. The van der Waals surface area contributed by atoms with Crippen LogP contribution in [0, 0.1) is 20.8 Å². The molecule has 0 aliphatic rings. The number of aryl methyl sites for hydroxylation is 3. The van der Waals surface area contributed by atoms with Crippen LogP contribution in [0.25, 0.3) is 0 Å². The van der Waals surface area contributed by atoms with E-state index in [1.54, 1.807) is 0 Å². The van der Waals surface area contributed by atoms with Gasteiger partial charge in [0.1, 0.15) is 6.15 Å². The SMILES string of the molecule is Cc1cc(C)[o+]c(C)c1.c1ccc([B-](c2ccccc2)(c2ccccc2)c2ccccc2)cc1. The maximum absolute atomic E-state index is 5.26. The van der Waals surface area contributed by atoms with E-state index in [4.69, 9.17) is 4.42 Å². The van der Waals surface area contributed by atoms with E-state index < -0.39 is 6.15 Å². The van der Waals surface area contributed by atoms with E-state index in [0.29, 0.717) is 0 Å². The van der Waals surface area contributed by atoms with Gasteiger partial charge in [0.2, 0.25) is 0 Å². The molecule has 34 heavy (non-hydrogen) atoms. The zero-order chi connectivity index (χ0) is 23.8. The number of rotatable bonds is 4. The highest BCUT2D eigenvalue weighted by molar-refractivity contribution is 7.19. The second-order valence-corrected chi connectivity index (χ2v) is 8.86. The van der Waals surface area contributed by atoms with E-state index in [-0.39, 0.29) is 0 Å². The molecule has 5 aromatic rings. The Morgan fingerprint density at radius 1 is 0.412 bits per heavy atom. The molecule has 0 amide bonds. The first-order valence-electron chi connectivity index (χ1n) is 11.9. The summed E-state index contributed by atoms with van der Waals surface area (Å²) in [5, 5.41) is 0. The van der Waals surface area contributed by atoms with Gasteiger partial charge < -0.3 is 0 Å². The van der Waals surface area contributed by atoms with Crippen LogP contribution < -0.4 is 21.9 Å². The summed E-state index contributed by atoms with van der Waals surface area (Å²) in [5.41, 5.74) is 6.62. The molecule has 0 aliphatic heterocycles. The van der Waals surface area contributed by atoms with Crippen molar-refractivity contribution in [3.8, 4) is 0 Å². The van der Waals surface area contributed by atoms with Gasteiger partial charge in [0.25, 0.3) is 0 Å². The van der Waals surface area contributed by atoms with Gasteiger partial charge in [0.05, 0.1) is 13.8 Å². The van der Waals surface area contributed by atoms with Crippen LogP contribution >= 0.6 is 0 Å². The lowest BCUT2D eigenvalue weighted by Gasteiger charge is -2.44. The Morgan fingerprint density at radius 2 is 0.676 bits per heavy atom. The smallest absolute Gasteiger partial charge is 0.218 e. The first-order valence-corrected chi connectivity index (χ1v) is 11.9. The van der Waals surface area contributed by atoms with Crippen molar-refractivity contribution in [3.63, 3.8) is 0 Å². The largest absolute Gasteiger partial charge is 0.326 e. The van der Waals surface area contributed by atoms with Crippen molar-refractivity contribution < 1.29 is 4.42 Å². The number of benzene rings is 4. The molecule has 0 unspecified atom stereocenters. The summed E-state index contributed by atoms with van der Waals surface area (Å²) >= 11 is 0. The van der Waals surface area contributed by atoms with Gasteiger partial charge >= 0.3 is 11.5 Å². The van der Waals surface area contributed by atoms with Gasteiger partial charge in [-0.2, -0.15) is 21.9 Å². The topological polar surface area (TPSA) is 11.3 Å². The Bertz CT molecular complexity index is 1090. The Hall–Kier alpha value is -3.91. The summed E-state index contributed by atoms with van der Waals surface area (Å²) in [6.45, 7) is 5.98. The summed E-state index contributed by atoms with van der Waals surface area (Å²) in [6, 6.07) is 47.6. The molecule has 1 nitrogen and oxygen atoms in total. The molecule has 0 N–H and O–H groups in total. The van der Waals surface area contributed by atoms with Gasteiger partial charge in [-0.3, -0.25) is 0 Å². The van der Waals surface area contributed by atoms with Crippen molar-refractivity contribution in [2.75, 3.05) is 0 Å². The first-order chi connectivity index (χ1) is 16.6. The van der Waals surface area contributed by atoms with Crippen molar-refractivity contribution in [3.05, 3.63) is 151 Å². The van der Waals surface area contributed by atoms with E-state index in [9.17, 15) is 0 Å².